The van der Waals surface area contributed by atoms with Gasteiger partial charge in [-0.05, 0) is 18.9 Å². The number of hydrogen-bond acceptors (Lipinski definition) is 3. The summed E-state index contributed by atoms with van der Waals surface area (Å²) in [4.78, 5) is 19.8. The van der Waals surface area contributed by atoms with E-state index in [9.17, 15) is 9.59 Å². The first-order valence-corrected chi connectivity index (χ1v) is 4.40. The van der Waals surface area contributed by atoms with E-state index < -0.39 is 11.9 Å². The second-order valence-corrected chi connectivity index (χ2v) is 2.95. The Morgan fingerprint density at radius 2 is 1.47 bits per heavy atom. The number of aliphatic carboxylic acids is 2. The summed E-state index contributed by atoms with van der Waals surface area (Å²) in [5.74, 6) is -1.74. The van der Waals surface area contributed by atoms with Gasteiger partial charge in [0.1, 0.15) is 0 Å². The summed E-state index contributed by atoms with van der Waals surface area (Å²) in [5, 5.41) is 16.3. The number of carboxylic acids is 2. The molecule has 5 nitrogen and oxygen atoms in total. The van der Waals surface area contributed by atoms with E-state index >= 15 is 0 Å². The summed E-state index contributed by atoms with van der Waals surface area (Å²) < 4.78 is 4.60. The molecule has 0 bridgehead atoms. The van der Waals surface area contributed by atoms with Crippen molar-refractivity contribution in [1.29, 1.82) is 0 Å². The summed E-state index contributed by atoms with van der Waals surface area (Å²) in [6.07, 6.45) is 1.35. The molecule has 0 aliphatic carbocycles. The predicted octanol–water partition coefficient (Wildman–Crippen LogP) is -2.06. The van der Waals surface area contributed by atoms with Gasteiger partial charge in [0.05, 0.1) is 0 Å². The first kappa shape index (κ1) is 17.3. The third-order valence-corrected chi connectivity index (χ3v) is 1.43. The maximum Gasteiger partial charge on any atom is 1.00 e. The molecule has 1 atom stereocenters. The van der Waals surface area contributed by atoms with E-state index in [2.05, 4.69) is 11.7 Å². The predicted molar refractivity (Wildman–Crippen MR) is 48.8 cm³/mol. The van der Waals surface area contributed by atoms with Crippen molar-refractivity contribution in [2.24, 2.45) is 0 Å². The van der Waals surface area contributed by atoms with E-state index in [4.69, 9.17) is 10.2 Å². The fraction of sp³-hybridized carbons (Fsp3) is 0.667. The Kier molecular flexibility index (Phi) is 12.0. The quantitative estimate of drug-likeness (QED) is 0.243. The van der Waals surface area contributed by atoms with Crippen LogP contribution in [-0.4, -0.2) is 34.9 Å². The zero-order chi connectivity index (χ0) is 11.0. The number of epoxide rings is 1. The summed E-state index contributed by atoms with van der Waals surface area (Å²) in [7, 11) is 0. The van der Waals surface area contributed by atoms with Crippen LogP contribution in [0.4, 0.5) is 0 Å². The fourth-order valence-corrected chi connectivity index (χ4v) is 0.620. The first-order valence-electron chi connectivity index (χ1n) is 4.40. The van der Waals surface area contributed by atoms with Gasteiger partial charge in [-0.25, -0.2) is 0 Å². The molecule has 0 amide bonds. The fourth-order valence-electron chi connectivity index (χ4n) is 0.620. The average molecular weight is 226 g/mol. The van der Waals surface area contributed by atoms with Crippen molar-refractivity contribution in [2.75, 3.05) is 6.61 Å². The minimum atomic E-state index is -0.870. The van der Waals surface area contributed by atoms with Crippen molar-refractivity contribution in [1.82, 2.24) is 0 Å². The molecule has 1 fully saturated rings. The van der Waals surface area contributed by atoms with Crippen molar-refractivity contribution in [3.8, 4) is 0 Å². The Bertz CT molecular complexity index is 175. The maximum atomic E-state index is 9.90. The molecule has 15 heavy (non-hydrogen) atoms. The topological polar surface area (TPSA) is 87.1 Å². The molecule has 1 rings (SSSR count). The van der Waals surface area contributed by atoms with Crippen molar-refractivity contribution in [3.63, 3.8) is 0 Å². The molecular weight excluding hydrogens is 211 g/mol. The van der Waals surface area contributed by atoms with E-state index in [1.165, 1.54) is 0 Å². The smallest absolute Gasteiger partial charge is 0.481 e. The second-order valence-electron chi connectivity index (χ2n) is 2.95. The third kappa shape index (κ3) is 20.1. The molecular formula is C9H15NaO5. The van der Waals surface area contributed by atoms with Crippen LogP contribution >= 0.6 is 0 Å². The van der Waals surface area contributed by atoms with Gasteiger partial charge < -0.3 is 21.9 Å². The molecule has 1 unspecified atom stereocenters. The monoisotopic (exact) mass is 226 g/mol. The molecule has 0 radical (unpaired) electrons. The minimum absolute atomic E-state index is 0. The van der Waals surface area contributed by atoms with Crippen LogP contribution in [0.15, 0.2) is 0 Å². The molecule has 6 heteroatoms. The Morgan fingerprint density at radius 1 is 1.20 bits per heavy atom. The SMILES string of the molecule is O=C(O)CCCCC(=O)O.[CH2-]C1CO1.[Na+]. The Balaban J connectivity index is 0. The largest absolute Gasteiger partial charge is 1.00 e. The van der Waals surface area contributed by atoms with Crippen molar-refractivity contribution in [2.45, 2.75) is 31.8 Å². The van der Waals surface area contributed by atoms with Crippen molar-refractivity contribution in [3.05, 3.63) is 6.92 Å². The number of unbranched alkanes of at least 4 members (excludes halogenated alkanes) is 1. The van der Waals surface area contributed by atoms with Crippen LogP contribution in [0.3, 0.4) is 0 Å². The van der Waals surface area contributed by atoms with Gasteiger partial charge >= 0.3 is 41.5 Å². The number of carbonyl (C=O) groups is 2. The number of carboxylic acid groups (broad SMARTS) is 2. The van der Waals surface area contributed by atoms with Gasteiger partial charge in [0.2, 0.25) is 0 Å². The molecule has 0 saturated carbocycles. The maximum absolute atomic E-state index is 9.90. The van der Waals surface area contributed by atoms with Gasteiger partial charge in [-0.3, -0.25) is 9.59 Å². The molecule has 82 valence electrons. The number of ether oxygens (including phenoxy) is 1. The van der Waals surface area contributed by atoms with Gasteiger partial charge in [0.15, 0.2) is 0 Å². The Morgan fingerprint density at radius 3 is 1.60 bits per heavy atom. The zero-order valence-electron chi connectivity index (χ0n) is 8.94. The zero-order valence-corrected chi connectivity index (χ0v) is 10.9. The van der Waals surface area contributed by atoms with Gasteiger partial charge in [0, 0.05) is 19.4 Å². The summed E-state index contributed by atoms with van der Waals surface area (Å²) in [6, 6.07) is 0. The summed E-state index contributed by atoms with van der Waals surface area (Å²) in [6.45, 7) is 4.40. The first-order chi connectivity index (χ1) is 6.52. The van der Waals surface area contributed by atoms with Crippen LogP contribution in [0.25, 0.3) is 0 Å². The molecule has 0 spiro atoms. The van der Waals surface area contributed by atoms with Crippen LogP contribution in [0.1, 0.15) is 25.7 Å². The van der Waals surface area contributed by atoms with E-state index in [0.29, 0.717) is 18.9 Å². The molecule has 1 saturated heterocycles. The van der Waals surface area contributed by atoms with Gasteiger partial charge in [-0.2, -0.15) is 0 Å². The summed E-state index contributed by atoms with van der Waals surface area (Å²) in [5.41, 5.74) is 0. The standard InChI is InChI=1S/C6H10O4.C3H5O.Na/c7-5(8)3-1-2-4-6(9)10;1-3-2-4-3;/h1-4H2,(H,7,8)(H,9,10);3H,1-2H2;/q;-1;+1. The number of rotatable bonds is 5. The normalized spacial score (nSPS) is 16.7. The molecule has 1 aliphatic heterocycles. The summed E-state index contributed by atoms with van der Waals surface area (Å²) >= 11 is 0. The van der Waals surface area contributed by atoms with E-state index in [1.54, 1.807) is 0 Å². The third-order valence-electron chi connectivity index (χ3n) is 1.43. The van der Waals surface area contributed by atoms with E-state index in [0.717, 1.165) is 6.61 Å². The van der Waals surface area contributed by atoms with Crippen LogP contribution in [-0.2, 0) is 14.3 Å². The minimum Gasteiger partial charge on any atom is -0.481 e. The number of hydrogen-bond donors (Lipinski definition) is 2. The Hall–Kier alpha value is -0.100. The van der Waals surface area contributed by atoms with Crippen molar-refractivity contribution >= 4 is 11.9 Å². The Labute approximate surface area is 111 Å². The van der Waals surface area contributed by atoms with Crippen LogP contribution < -0.4 is 29.6 Å². The van der Waals surface area contributed by atoms with Gasteiger partial charge in [-0.1, -0.05) is 0 Å². The van der Waals surface area contributed by atoms with Crippen LogP contribution in [0.2, 0.25) is 0 Å². The van der Waals surface area contributed by atoms with Crippen molar-refractivity contribution < 1.29 is 54.1 Å². The van der Waals surface area contributed by atoms with E-state index in [-0.39, 0.29) is 42.4 Å². The molecule has 0 aromatic heterocycles. The van der Waals surface area contributed by atoms with Crippen LogP contribution in [0.5, 0.6) is 0 Å². The molecule has 1 aliphatic rings. The van der Waals surface area contributed by atoms with Gasteiger partial charge in [-0.15, -0.1) is 0 Å². The second kappa shape index (κ2) is 10.4. The molecule has 0 aromatic rings. The van der Waals surface area contributed by atoms with Crippen LogP contribution in [0, 0.1) is 6.92 Å². The molecule has 0 aromatic carbocycles. The average Bonchev–Trinajstić information content (AvgIpc) is 2.82. The molecule has 1 heterocycles. The van der Waals surface area contributed by atoms with Gasteiger partial charge in [0.25, 0.3) is 0 Å². The van der Waals surface area contributed by atoms with E-state index in [1.807, 2.05) is 0 Å². The molecule has 2 N–H and O–H groups in total.